The lowest BCUT2D eigenvalue weighted by atomic mass is 9.97. The van der Waals surface area contributed by atoms with E-state index in [0.717, 1.165) is 18.6 Å². The number of carbonyl (C=O) groups is 1. The van der Waals surface area contributed by atoms with Crippen LogP contribution in [0.1, 0.15) is 36.5 Å². The number of likely N-dealkylation sites (tertiary alicyclic amines) is 2. The number of hydrogen-bond acceptors (Lipinski definition) is 4. The van der Waals surface area contributed by atoms with Crippen molar-refractivity contribution in [2.75, 3.05) is 19.6 Å². The van der Waals surface area contributed by atoms with Gasteiger partial charge in [-0.15, -0.1) is 0 Å². The van der Waals surface area contributed by atoms with Crippen molar-refractivity contribution >= 4 is 16.9 Å². The van der Waals surface area contributed by atoms with Crippen LogP contribution >= 0.6 is 0 Å². The van der Waals surface area contributed by atoms with Gasteiger partial charge in [-0.3, -0.25) is 19.7 Å². The van der Waals surface area contributed by atoms with Crippen molar-refractivity contribution in [3.05, 3.63) is 36.2 Å². The maximum Gasteiger partial charge on any atom is 0.256 e. The van der Waals surface area contributed by atoms with Crippen molar-refractivity contribution in [1.29, 1.82) is 0 Å². The molecule has 0 aliphatic carbocycles. The first-order chi connectivity index (χ1) is 11.2. The molecule has 2 aromatic rings. The lowest BCUT2D eigenvalue weighted by Crippen LogP contribution is -2.63. The molecule has 1 aromatic carbocycles. The number of piperidine rings is 1. The fourth-order valence-corrected chi connectivity index (χ4v) is 3.83. The predicted octanol–water partition coefficient (Wildman–Crippen LogP) is 2.33. The van der Waals surface area contributed by atoms with E-state index in [9.17, 15) is 4.79 Å². The highest BCUT2D eigenvalue weighted by molar-refractivity contribution is 6.04. The summed E-state index contributed by atoms with van der Waals surface area (Å²) < 4.78 is 0. The van der Waals surface area contributed by atoms with Gasteiger partial charge in [0.1, 0.15) is 5.52 Å². The number of nitrogens with zero attached hydrogens (tertiary/aromatic N) is 4. The Kier molecular flexibility index (Phi) is 3.73. The molecule has 2 fully saturated rings. The summed E-state index contributed by atoms with van der Waals surface area (Å²) in [7, 11) is 0. The van der Waals surface area contributed by atoms with E-state index < -0.39 is 0 Å². The molecule has 3 heterocycles. The van der Waals surface area contributed by atoms with Gasteiger partial charge in [-0.1, -0.05) is 12.5 Å². The standard InChI is InChI=1S/C18H22N4O/c1-13-5-2-3-10-22(13)14-11-21(12-14)18(23)15-6-4-7-16-17(15)20-9-8-19-16/h4,6-9,13-14H,2-3,5,10-12H2,1H3/t13-/m1/s1. The summed E-state index contributed by atoms with van der Waals surface area (Å²) in [5, 5.41) is 0. The summed E-state index contributed by atoms with van der Waals surface area (Å²) in [5.41, 5.74) is 2.15. The third-order valence-electron chi connectivity index (χ3n) is 5.20. The molecule has 1 amide bonds. The Morgan fingerprint density at radius 1 is 1.17 bits per heavy atom. The minimum Gasteiger partial charge on any atom is -0.335 e. The van der Waals surface area contributed by atoms with Crippen LogP contribution in [-0.4, -0.2) is 57.4 Å². The van der Waals surface area contributed by atoms with Gasteiger partial charge in [0, 0.05) is 37.6 Å². The second kappa shape index (κ2) is 5.89. The van der Waals surface area contributed by atoms with E-state index in [0.29, 0.717) is 23.2 Å². The lowest BCUT2D eigenvalue weighted by Gasteiger charge is -2.49. The third-order valence-corrected chi connectivity index (χ3v) is 5.20. The van der Waals surface area contributed by atoms with Gasteiger partial charge < -0.3 is 4.90 Å². The van der Waals surface area contributed by atoms with Crippen molar-refractivity contribution in [3.63, 3.8) is 0 Å². The number of rotatable bonds is 2. The topological polar surface area (TPSA) is 49.3 Å². The van der Waals surface area contributed by atoms with E-state index in [1.165, 1.54) is 25.8 Å². The van der Waals surface area contributed by atoms with E-state index in [4.69, 9.17) is 0 Å². The van der Waals surface area contributed by atoms with E-state index in [1.54, 1.807) is 12.4 Å². The molecule has 0 bridgehead atoms. The van der Waals surface area contributed by atoms with Gasteiger partial charge in [-0.05, 0) is 38.4 Å². The van der Waals surface area contributed by atoms with Gasteiger partial charge in [0.15, 0.2) is 0 Å². The van der Waals surface area contributed by atoms with Crippen LogP contribution in [0.25, 0.3) is 11.0 Å². The highest BCUT2D eigenvalue weighted by Crippen LogP contribution is 2.26. The first-order valence-electron chi connectivity index (χ1n) is 8.49. The molecule has 1 atom stereocenters. The molecular weight excluding hydrogens is 288 g/mol. The SMILES string of the molecule is C[C@@H]1CCCCN1C1CN(C(=O)c2cccc3nccnc23)C1. The molecule has 23 heavy (non-hydrogen) atoms. The summed E-state index contributed by atoms with van der Waals surface area (Å²) in [5.74, 6) is 0.0806. The monoisotopic (exact) mass is 310 g/mol. The van der Waals surface area contributed by atoms with E-state index >= 15 is 0 Å². The van der Waals surface area contributed by atoms with E-state index in [2.05, 4.69) is 21.8 Å². The molecule has 5 nitrogen and oxygen atoms in total. The van der Waals surface area contributed by atoms with Crippen LogP contribution in [0.2, 0.25) is 0 Å². The van der Waals surface area contributed by atoms with Gasteiger partial charge in [-0.2, -0.15) is 0 Å². The lowest BCUT2D eigenvalue weighted by molar-refractivity contribution is 0.00222. The fourth-order valence-electron chi connectivity index (χ4n) is 3.83. The van der Waals surface area contributed by atoms with E-state index in [1.807, 2.05) is 23.1 Å². The smallest absolute Gasteiger partial charge is 0.256 e. The summed E-state index contributed by atoms with van der Waals surface area (Å²) in [6.45, 7) is 5.15. The van der Waals surface area contributed by atoms with Crippen molar-refractivity contribution in [3.8, 4) is 0 Å². The molecule has 2 aliphatic heterocycles. The number of carbonyl (C=O) groups excluding carboxylic acids is 1. The van der Waals surface area contributed by atoms with Crippen molar-refractivity contribution in [2.45, 2.75) is 38.3 Å². The van der Waals surface area contributed by atoms with Crippen LogP contribution < -0.4 is 0 Å². The van der Waals surface area contributed by atoms with Crippen LogP contribution in [0, 0.1) is 0 Å². The largest absolute Gasteiger partial charge is 0.335 e. The number of hydrogen-bond donors (Lipinski definition) is 0. The summed E-state index contributed by atoms with van der Waals surface area (Å²) >= 11 is 0. The second-order valence-electron chi connectivity index (χ2n) is 6.68. The Morgan fingerprint density at radius 3 is 2.83 bits per heavy atom. The second-order valence-corrected chi connectivity index (χ2v) is 6.68. The minimum absolute atomic E-state index is 0.0806. The average molecular weight is 310 g/mol. The molecular formula is C18H22N4O. The van der Waals surface area contributed by atoms with Crippen molar-refractivity contribution in [2.24, 2.45) is 0 Å². The Balaban J connectivity index is 1.48. The highest BCUT2D eigenvalue weighted by Gasteiger charge is 2.38. The number of benzene rings is 1. The van der Waals surface area contributed by atoms with Gasteiger partial charge in [0.2, 0.25) is 0 Å². The summed E-state index contributed by atoms with van der Waals surface area (Å²) in [6.07, 6.45) is 7.21. The van der Waals surface area contributed by atoms with Crippen LogP contribution in [0.15, 0.2) is 30.6 Å². The Labute approximate surface area is 136 Å². The van der Waals surface area contributed by atoms with Crippen molar-refractivity contribution < 1.29 is 4.79 Å². The molecule has 0 spiro atoms. The molecule has 4 rings (SSSR count). The van der Waals surface area contributed by atoms with Crippen molar-refractivity contribution in [1.82, 2.24) is 19.8 Å². The molecule has 2 aliphatic rings. The molecule has 2 saturated heterocycles. The molecule has 0 radical (unpaired) electrons. The van der Waals surface area contributed by atoms with Crippen LogP contribution in [0.5, 0.6) is 0 Å². The fraction of sp³-hybridized carbons (Fsp3) is 0.500. The molecule has 0 N–H and O–H groups in total. The Hall–Kier alpha value is -2.01. The first kappa shape index (κ1) is 14.6. The number of para-hydroxylation sites is 1. The van der Waals surface area contributed by atoms with Gasteiger partial charge >= 0.3 is 0 Å². The highest BCUT2D eigenvalue weighted by atomic mass is 16.2. The number of amides is 1. The van der Waals surface area contributed by atoms with E-state index in [-0.39, 0.29) is 5.91 Å². The van der Waals surface area contributed by atoms with Gasteiger partial charge in [0.25, 0.3) is 5.91 Å². The van der Waals surface area contributed by atoms with Crippen LogP contribution in [0.3, 0.4) is 0 Å². The third kappa shape index (κ3) is 2.59. The Morgan fingerprint density at radius 2 is 2.00 bits per heavy atom. The van der Waals surface area contributed by atoms with Crippen LogP contribution in [-0.2, 0) is 0 Å². The number of aromatic nitrogens is 2. The summed E-state index contributed by atoms with van der Waals surface area (Å²) in [4.78, 5) is 25.9. The molecule has 120 valence electrons. The molecule has 5 heteroatoms. The molecule has 0 saturated carbocycles. The predicted molar refractivity (Wildman–Crippen MR) is 89.2 cm³/mol. The number of fused-ring (bicyclic) bond motifs is 1. The van der Waals surface area contributed by atoms with Crippen LogP contribution in [0.4, 0.5) is 0 Å². The first-order valence-corrected chi connectivity index (χ1v) is 8.49. The zero-order valence-corrected chi connectivity index (χ0v) is 13.5. The van der Waals surface area contributed by atoms with Gasteiger partial charge in [-0.25, -0.2) is 0 Å². The normalized spacial score (nSPS) is 23.0. The molecule has 1 aromatic heterocycles. The minimum atomic E-state index is 0.0806. The van der Waals surface area contributed by atoms with Gasteiger partial charge in [0.05, 0.1) is 11.1 Å². The quantitative estimate of drug-likeness (QED) is 0.854. The average Bonchev–Trinajstić information content (AvgIpc) is 2.54. The summed E-state index contributed by atoms with van der Waals surface area (Å²) in [6, 6.07) is 6.81. The maximum atomic E-state index is 12.8. The zero-order chi connectivity index (χ0) is 15.8. The molecule has 0 unspecified atom stereocenters. The Bertz CT molecular complexity index is 721. The zero-order valence-electron chi connectivity index (χ0n) is 13.5. The maximum absolute atomic E-state index is 12.8.